The Morgan fingerprint density at radius 2 is 0.964 bits per heavy atom. The van der Waals surface area contributed by atoms with Gasteiger partial charge in [-0.2, -0.15) is 0 Å². The first kappa shape index (κ1) is 29.9. The number of para-hydroxylation sites is 2. The lowest BCUT2D eigenvalue weighted by molar-refractivity contribution is 0.668. The van der Waals surface area contributed by atoms with Crippen molar-refractivity contribution < 1.29 is 8.83 Å². The van der Waals surface area contributed by atoms with E-state index in [-0.39, 0.29) is 0 Å². The topological polar surface area (TPSA) is 69.9 Å². The lowest BCUT2D eigenvalue weighted by Gasteiger charge is -2.10. The Morgan fingerprint density at radius 1 is 0.382 bits per heavy atom. The molecule has 0 spiro atoms. The number of aromatic nitrogens is 4. The van der Waals surface area contributed by atoms with Crippen LogP contribution in [0.3, 0.4) is 0 Å². The van der Waals surface area contributed by atoms with E-state index >= 15 is 0 Å². The van der Waals surface area contributed by atoms with Gasteiger partial charge in [0, 0.05) is 55.1 Å². The van der Waals surface area contributed by atoms with Gasteiger partial charge in [0.25, 0.3) is 0 Å². The van der Waals surface area contributed by atoms with Crippen LogP contribution in [0.2, 0.25) is 0 Å². The fourth-order valence-corrected chi connectivity index (χ4v) is 8.46. The maximum atomic E-state index is 6.79. The van der Waals surface area contributed by atoms with Crippen LogP contribution in [0.25, 0.3) is 116 Å². The maximum Gasteiger partial charge on any atom is 0.164 e. The molecule has 0 saturated carbocycles. The van der Waals surface area contributed by atoms with Crippen LogP contribution >= 0.6 is 0 Å². The fourth-order valence-electron chi connectivity index (χ4n) is 8.46. The number of rotatable bonds is 4. The van der Waals surface area contributed by atoms with E-state index in [1.54, 1.807) is 0 Å². The Bertz CT molecular complexity index is 3430. The summed E-state index contributed by atoms with van der Waals surface area (Å²) >= 11 is 0. The van der Waals surface area contributed by atoms with Crippen molar-refractivity contribution in [2.24, 2.45) is 0 Å². The summed E-state index contributed by atoms with van der Waals surface area (Å²) in [6.45, 7) is 0. The molecule has 0 aliphatic heterocycles. The summed E-state index contributed by atoms with van der Waals surface area (Å²) in [5, 5.41) is 8.89. The molecule has 8 aromatic carbocycles. The molecule has 6 nitrogen and oxygen atoms in total. The van der Waals surface area contributed by atoms with E-state index in [1.807, 2.05) is 78.9 Å². The smallest absolute Gasteiger partial charge is 0.164 e. The van der Waals surface area contributed by atoms with Crippen molar-refractivity contribution in [3.8, 4) is 39.9 Å². The lowest BCUT2D eigenvalue weighted by atomic mass is 9.99. The van der Waals surface area contributed by atoms with Gasteiger partial charge in [-0.25, -0.2) is 15.0 Å². The normalized spacial score (nSPS) is 12.0. The lowest BCUT2D eigenvalue weighted by Crippen LogP contribution is -2.00. The number of hydrogen-bond donors (Lipinski definition) is 0. The molecule has 0 N–H and O–H groups in total. The molecule has 0 atom stereocenters. The van der Waals surface area contributed by atoms with E-state index < -0.39 is 0 Å². The molecule has 4 aromatic heterocycles. The third-order valence-electron chi connectivity index (χ3n) is 10.8. The number of hydrogen-bond acceptors (Lipinski definition) is 5. The first-order valence-electron chi connectivity index (χ1n) is 18.4. The number of fused-ring (bicyclic) bond motifs is 13. The third-order valence-corrected chi connectivity index (χ3v) is 10.8. The Hall–Kier alpha value is -7.57. The van der Waals surface area contributed by atoms with Gasteiger partial charge in [0.05, 0.1) is 16.7 Å². The molecule has 0 bridgehead atoms. The largest absolute Gasteiger partial charge is 0.456 e. The average Bonchev–Trinajstić information content (AvgIpc) is 3.94. The average molecular weight is 705 g/mol. The highest BCUT2D eigenvalue weighted by Gasteiger charge is 2.24. The van der Waals surface area contributed by atoms with E-state index in [2.05, 4.69) is 95.6 Å². The van der Waals surface area contributed by atoms with Gasteiger partial charge in [-0.3, -0.25) is 0 Å². The molecule has 0 unspecified atom stereocenters. The zero-order chi connectivity index (χ0) is 36.0. The third kappa shape index (κ3) is 4.39. The van der Waals surface area contributed by atoms with Crippen LogP contribution in [0.4, 0.5) is 0 Å². The predicted octanol–water partition coefficient (Wildman–Crippen LogP) is 12.9. The van der Waals surface area contributed by atoms with Crippen LogP contribution in [0.1, 0.15) is 0 Å². The van der Waals surface area contributed by atoms with E-state index in [0.29, 0.717) is 17.5 Å². The Balaban J connectivity index is 1.12. The number of benzene rings is 8. The molecule has 0 fully saturated rings. The maximum absolute atomic E-state index is 6.79. The molecule has 0 radical (unpaired) electrons. The quantitative estimate of drug-likeness (QED) is 0.182. The second-order valence-corrected chi connectivity index (χ2v) is 13.9. The van der Waals surface area contributed by atoms with E-state index in [4.69, 9.17) is 23.8 Å². The zero-order valence-electron chi connectivity index (χ0n) is 29.3. The van der Waals surface area contributed by atoms with Gasteiger partial charge in [-0.05, 0) is 41.1 Å². The summed E-state index contributed by atoms with van der Waals surface area (Å²) in [5.41, 5.74) is 9.13. The summed E-state index contributed by atoms with van der Waals surface area (Å²) in [6.07, 6.45) is 0. The molecule has 0 aliphatic carbocycles. The molecule has 0 saturated heterocycles. The van der Waals surface area contributed by atoms with Gasteiger partial charge < -0.3 is 13.4 Å². The predicted molar refractivity (Wildman–Crippen MR) is 223 cm³/mol. The van der Waals surface area contributed by atoms with E-state index in [9.17, 15) is 0 Å². The van der Waals surface area contributed by atoms with Gasteiger partial charge in [0.2, 0.25) is 0 Å². The summed E-state index contributed by atoms with van der Waals surface area (Å²) < 4.78 is 15.8. The molecular weight excluding hydrogens is 677 g/mol. The standard InChI is InChI=1S/C49H28N4O2/c1-3-14-29(15-4-1)47-50-48(30-16-5-2-6-17-30)52-49(51-47)37-22-13-25-40-42(37)36-27-26-31(28-41(36)54-40)53-38-23-11-9-20-34(38)43-32-18-7-8-19-33(32)44-35-21-10-12-24-39(35)55-46(44)45(43)53/h1-28H. The highest BCUT2D eigenvalue weighted by Crippen LogP contribution is 2.46. The minimum atomic E-state index is 0.589. The number of nitrogens with zero attached hydrogens (tertiary/aromatic N) is 4. The van der Waals surface area contributed by atoms with Crippen LogP contribution < -0.4 is 0 Å². The summed E-state index contributed by atoms with van der Waals surface area (Å²) in [6, 6.07) is 58.3. The summed E-state index contributed by atoms with van der Waals surface area (Å²) in [5.74, 6) is 1.83. The molecular formula is C49H28N4O2. The number of furan rings is 2. The van der Waals surface area contributed by atoms with Crippen LogP contribution in [0, 0.1) is 0 Å². The first-order chi connectivity index (χ1) is 27.3. The van der Waals surface area contributed by atoms with Crippen LogP contribution in [0.5, 0.6) is 0 Å². The van der Waals surface area contributed by atoms with Crippen molar-refractivity contribution in [1.29, 1.82) is 0 Å². The molecule has 4 heterocycles. The van der Waals surface area contributed by atoms with Crippen molar-refractivity contribution >= 4 is 76.5 Å². The minimum Gasteiger partial charge on any atom is -0.456 e. The Labute approximate surface area is 313 Å². The van der Waals surface area contributed by atoms with Crippen LogP contribution in [-0.4, -0.2) is 19.5 Å². The van der Waals surface area contributed by atoms with Crippen molar-refractivity contribution in [2.75, 3.05) is 0 Å². The summed E-state index contributed by atoms with van der Waals surface area (Å²) in [4.78, 5) is 15.0. The van der Waals surface area contributed by atoms with Gasteiger partial charge in [0.1, 0.15) is 16.7 Å². The van der Waals surface area contributed by atoms with Gasteiger partial charge in [-0.1, -0.05) is 133 Å². The first-order valence-corrected chi connectivity index (χ1v) is 18.4. The van der Waals surface area contributed by atoms with E-state index in [0.717, 1.165) is 77.3 Å². The molecule has 12 aromatic rings. The highest BCUT2D eigenvalue weighted by atomic mass is 16.3. The molecule has 12 rings (SSSR count). The molecule has 256 valence electrons. The van der Waals surface area contributed by atoms with Crippen LogP contribution in [-0.2, 0) is 0 Å². The monoisotopic (exact) mass is 704 g/mol. The van der Waals surface area contributed by atoms with Crippen molar-refractivity contribution in [3.63, 3.8) is 0 Å². The fraction of sp³-hybridized carbons (Fsp3) is 0. The SMILES string of the molecule is c1ccc(-c2nc(-c3ccccc3)nc(-c3cccc4oc5cc(-n6c7ccccc7c7c8ccccc8c8c9ccccc9oc8c76)ccc5c34)n2)cc1. The van der Waals surface area contributed by atoms with Gasteiger partial charge >= 0.3 is 0 Å². The van der Waals surface area contributed by atoms with Crippen molar-refractivity contribution in [3.05, 3.63) is 170 Å². The van der Waals surface area contributed by atoms with E-state index in [1.165, 1.54) is 21.5 Å². The van der Waals surface area contributed by atoms with Crippen molar-refractivity contribution in [1.82, 2.24) is 19.5 Å². The zero-order valence-corrected chi connectivity index (χ0v) is 29.3. The second kappa shape index (κ2) is 11.5. The minimum absolute atomic E-state index is 0.589. The molecule has 0 aliphatic rings. The Morgan fingerprint density at radius 3 is 1.71 bits per heavy atom. The highest BCUT2D eigenvalue weighted by molar-refractivity contribution is 6.35. The molecule has 0 amide bonds. The van der Waals surface area contributed by atoms with Gasteiger partial charge in [-0.15, -0.1) is 0 Å². The van der Waals surface area contributed by atoms with Crippen LogP contribution in [0.15, 0.2) is 179 Å². The summed E-state index contributed by atoms with van der Waals surface area (Å²) in [7, 11) is 0. The Kier molecular flexibility index (Phi) is 6.24. The second-order valence-electron chi connectivity index (χ2n) is 13.9. The van der Waals surface area contributed by atoms with Crippen molar-refractivity contribution in [2.45, 2.75) is 0 Å². The van der Waals surface area contributed by atoms with Gasteiger partial charge in [0.15, 0.2) is 23.1 Å². The molecule has 55 heavy (non-hydrogen) atoms. The molecule has 6 heteroatoms.